The van der Waals surface area contributed by atoms with E-state index in [2.05, 4.69) is 15.3 Å². The van der Waals surface area contributed by atoms with Crippen molar-refractivity contribution in [1.29, 1.82) is 0 Å². The zero-order valence-corrected chi connectivity index (χ0v) is 16.4. The number of anilines is 1. The second kappa shape index (κ2) is 7.86. The summed E-state index contributed by atoms with van der Waals surface area (Å²) in [6.45, 7) is 1.71. The Kier molecular flexibility index (Phi) is 5.48. The Labute approximate surface area is 166 Å². The molecular weight excluding hydrogens is 396 g/mol. The first kappa shape index (κ1) is 20.2. The van der Waals surface area contributed by atoms with E-state index in [4.69, 9.17) is 9.88 Å². The zero-order valence-electron chi connectivity index (χ0n) is 15.6. The van der Waals surface area contributed by atoms with E-state index >= 15 is 0 Å². The fraction of sp³-hybridized carbons (Fsp3) is 0.105. The van der Waals surface area contributed by atoms with E-state index in [0.29, 0.717) is 22.8 Å². The molecule has 150 valence electrons. The SMILES string of the molecule is COc1ccc(C(=O)Nc2cccc(-c3nc(C)cc(=O)[nH]3)c2)cc1S(N)(=O)=O. The van der Waals surface area contributed by atoms with Crippen LogP contribution in [0.1, 0.15) is 16.1 Å². The van der Waals surface area contributed by atoms with Gasteiger partial charge in [-0.25, -0.2) is 18.5 Å². The summed E-state index contributed by atoms with van der Waals surface area (Å²) in [6.07, 6.45) is 0. The number of H-pyrrole nitrogens is 1. The molecule has 0 saturated carbocycles. The standard InChI is InChI=1S/C19H18N4O5S/c1-11-8-17(24)23-18(21-11)12-4-3-5-14(9-12)22-19(25)13-6-7-15(28-2)16(10-13)29(20,26)27/h3-10H,1-2H3,(H,22,25)(H2,20,26,27)(H,21,23,24). The molecular formula is C19H18N4O5S. The fourth-order valence-corrected chi connectivity index (χ4v) is 3.43. The molecule has 0 aliphatic heterocycles. The van der Waals surface area contributed by atoms with Gasteiger partial charge >= 0.3 is 0 Å². The summed E-state index contributed by atoms with van der Waals surface area (Å²) >= 11 is 0. The number of sulfonamides is 1. The number of nitrogens with zero attached hydrogens (tertiary/aromatic N) is 1. The molecule has 2 aromatic carbocycles. The van der Waals surface area contributed by atoms with Crippen LogP contribution in [0, 0.1) is 6.92 Å². The highest BCUT2D eigenvalue weighted by Crippen LogP contribution is 2.25. The van der Waals surface area contributed by atoms with Crippen LogP contribution in [0.15, 0.2) is 58.2 Å². The summed E-state index contributed by atoms with van der Waals surface area (Å²) < 4.78 is 28.4. The van der Waals surface area contributed by atoms with Crippen molar-refractivity contribution in [2.45, 2.75) is 11.8 Å². The number of rotatable bonds is 5. The highest BCUT2D eigenvalue weighted by Gasteiger charge is 2.18. The minimum Gasteiger partial charge on any atom is -0.495 e. The van der Waals surface area contributed by atoms with E-state index in [1.807, 2.05) is 0 Å². The first-order chi connectivity index (χ1) is 13.7. The molecule has 4 N–H and O–H groups in total. The van der Waals surface area contributed by atoms with Gasteiger partial charge in [0.1, 0.15) is 16.5 Å². The lowest BCUT2D eigenvalue weighted by Gasteiger charge is -2.10. The molecule has 10 heteroatoms. The molecule has 0 fully saturated rings. The molecule has 0 unspecified atom stereocenters. The van der Waals surface area contributed by atoms with Crippen LogP contribution < -0.4 is 20.8 Å². The minimum absolute atomic E-state index is 0.0422. The molecule has 0 aliphatic rings. The quantitative estimate of drug-likeness (QED) is 0.579. The number of ether oxygens (including phenoxy) is 1. The number of primary sulfonamides is 1. The number of hydrogen-bond acceptors (Lipinski definition) is 6. The molecule has 0 atom stereocenters. The van der Waals surface area contributed by atoms with Crippen LogP contribution in [0.25, 0.3) is 11.4 Å². The monoisotopic (exact) mass is 414 g/mol. The van der Waals surface area contributed by atoms with Gasteiger partial charge in [0.25, 0.3) is 11.5 Å². The van der Waals surface area contributed by atoms with Gasteiger partial charge in [0.15, 0.2) is 0 Å². The molecule has 3 rings (SSSR count). The maximum Gasteiger partial charge on any atom is 0.255 e. The van der Waals surface area contributed by atoms with E-state index in [0.717, 1.165) is 6.07 Å². The van der Waals surface area contributed by atoms with Gasteiger partial charge in [-0.05, 0) is 37.3 Å². The molecule has 3 aromatic rings. The van der Waals surface area contributed by atoms with Crippen LogP contribution in [0.4, 0.5) is 5.69 Å². The Hall–Kier alpha value is -3.50. The maximum atomic E-state index is 12.6. The average molecular weight is 414 g/mol. The second-order valence-corrected chi connectivity index (χ2v) is 7.71. The van der Waals surface area contributed by atoms with Crippen molar-refractivity contribution in [3.05, 3.63) is 70.1 Å². The lowest BCUT2D eigenvalue weighted by Crippen LogP contribution is -2.17. The van der Waals surface area contributed by atoms with Crippen molar-refractivity contribution < 1.29 is 17.9 Å². The van der Waals surface area contributed by atoms with Crippen LogP contribution in [0.2, 0.25) is 0 Å². The third kappa shape index (κ3) is 4.68. The van der Waals surface area contributed by atoms with Crippen LogP contribution in [-0.4, -0.2) is 31.4 Å². The number of nitrogens with two attached hydrogens (primary N) is 1. The second-order valence-electron chi connectivity index (χ2n) is 6.18. The molecule has 1 aromatic heterocycles. The van der Waals surface area contributed by atoms with E-state index in [9.17, 15) is 18.0 Å². The molecule has 1 heterocycles. The maximum absolute atomic E-state index is 12.6. The molecule has 29 heavy (non-hydrogen) atoms. The van der Waals surface area contributed by atoms with Gasteiger partial charge in [-0.3, -0.25) is 9.59 Å². The van der Waals surface area contributed by atoms with Crippen molar-refractivity contribution in [2.24, 2.45) is 5.14 Å². The first-order valence-electron chi connectivity index (χ1n) is 8.38. The van der Waals surface area contributed by atoms with E-state index in [1.165, 1.54) is 25.3 Å². The van der Waals surface area contributed by atoms with E-state index in [1.54, 1.807) is 31.2 Å². The summed E-state index contributed by atoms with van der Waals surface area (Å²) in [5, 5.41) is 7.87. The minimum atomic E-state index is -4.07. The summed E-state index contributed by atoms with van der Waals surface area (Å²) in [4.78, 5) is 30.9. The molecule has 0 spiro atoms. The third-order valence-electron chi connectivity index (χ3n) is 4.00. The fourth-order valence-electron chi connectivity index (χ4n) is 2.70. The largest absolute Gasteiger partial charge is 0.495 e. The molecule has 1 amide bonds. The number of aromatic amines is 1. The lowest BCUT2D eigenvalue weighted by molar-refractivity contribution is 0.102. The summed E-state index contributed by atoms with van der Waals surface area (Å²) in [6, 6.07) is 12.0. The van der Waals surface area contributed by atoms with Gasteiger partial charge in [0.2, 0.25) is 10.0 Å². The Balaban J connectivity index is 1.91. The van der Waals surface area contributed by atoms with Gasteiger partial charge in [-0.15, -0.1) is 0 Å². The molecule has 0 radical (unpaired) electrons. The molecule has 0 bridgehead atoms. The average Bonchev–Trinajstić information content (AvgIpc) is 2.66. The third-order valence-corrected chi connectivity index (χ3v) is 4.93. The Morgan fingerprint density at radius 3 is 2.59 bits per heavy atom. The highest BCUT2D eigenvalue weighted by molar-refractivity contribution is 7.89. The number of amides is 1. The van der Waals surface area contributed by atoms with Gasteiger partial charge in [0.05, 0.1) is 7.11 Å². The number of aryl methyl sites for hydroxylation is 1. The number of carbonyl (C=O) groups excluding carboxylic acids is 1. The normalized spacial score (nSPS) is 11.1. The van der Waals surface area contributed by atoms with Gasteiger partial charge in [-0.2, -0.15) is 0 Å². The number of nitrogens with one attached hydrogen (secondary N) is 2. The zero-order chi connectivity index (χ0) is 21.2. The topological polar surface area (TPSA) is 144 Å². The van der Waals surface area contributed by atoms with Gasteiger partial charge in [0, 0.05) is 28.6 Å². The van der Waals surface area contributed by atoms with E-state index in [-0.39, 0.29) is 21.8 Å². The van der Waals surface area contributed by atoms with Gasteiger partial charge in [-0.1, -0.05) is 12.1 Å². The van der Waals surface area contributed by atoms with Crippen LogP contribution in [0.3, 0.4) is 0 Å². The number of carbonyl (C=O) groups is 1. The predicted octanol–water partition coefficient (Wildman–Crippen LogP) is 1.65. The van der Waals surface area contributed by atoms with E-state index < -0.39 is 15.9 Å². The summed E-state index contributed by atoms with van der Waals surface area (Å²) in [7, 11) is -2.77. The number of aromatic nitrogens is 2. The number of methoxy groups -OCH3 is 1. The van der Waals surface area contributed by atoms with Crippen molar-refractivity contribution in [3.8, 4) is 17.1 Å². The lowest BCUT2D eigenvalue weighted by atomic mass is 10.1. The van der Waals surface area contributed by atoms with Crippen molar-refractivity contribution >= 4 is 21.6 Å². The molecule has 0 saturated heterocycles. The number of hydrogen-bond donors (Lipinski definition) is 3. The summed E-state index contributed by atoms with van der Waals surface area (Å²) in [5.74, 6) is -0.132. The Morgan fingerprint density at radius 1 is 1.17 bits per heavy atom. The Bertz CT molecular complexity index is 1250. The van der Waals surface area contributed by atoms with Crippen LogP contribution >= 0.6 is 0 Å². The molecule has 0 aliphatic carbocycles. The Morgan fingerprint density at radius 2 is 1.93 bits per heavy atom. The van der Waals surface area contributed by atoms with Crippen LogP contribution in [0.5, 0.6) is 5.75 Å². The van der Waals surface area contributed by atoms with Crippen molar-refractivity contribution in [1.82, 2.24) is 9.97 Å². The molecule has 9 nitrogen and oxygen atoms in total. The predicted molar refractivity (Wildman–Crippen MR) is 107 cm³/mol. The van der Waals surface area contributed by atoms with Crippen molar-refractivity contribution in [2.75, 3.05) is 12.4 Å². The van der Waals surface area contributed by atoms with Crippen molar-refractivity contribution in [3.63, 3.8) is 0 Å². The summed E-state index contributed by atoms with van der Waals surface area (Å²) in [5.41, 5.74) is 1.40. The smallest absolute Gasteiger partial charge is 0.255 e. The number of benzene rings is 2. The van der Waals surface area contributed by atoms with Crippen LogP contribution in [-0.2, 0) is 10.0 Å². The first-order valence-corrected chi connectivity index (χ1v) is 9.92. The highest BCUT2D eigenvalue weighted by atomic mass is 32.2. The van der Waals surface area contributed by atoms with Gasteiger partial charge < -0.3 is 15.0 Å².